The van der Waals surface area contributed by atoms with Crippen molar-refractivity contribution >= 4 is 30.1 Å². The number of aromatic hydroxyl groups is 1. The van der Waals surface area contributed by atoms with E-state index in [-0.39, 0.29) is 44.3 Å². The fourth-order valence-corrected chi connectivity index (χ4v) is 4.19. The molecule has 0 bridgehead atoms. The molecule has 48 heavy (non-hydrogen) atoms. The van der Waals surface area contributed by atoms with Gasteiger partial charge in [0.2, 0.25) is 11.9 Å². The van der Waals surface area contributed by atoms with Crippen molar-refractivity contribution in [2.24, 2.45) is 4.99 Å². The number of alkyl carbamates (subject to hydrolysis) is 3. The minimum Gasteiger partial charge on any atom is -0.508 e. The highest BCUT2D eigenvalue weighted by atomic mass is 16.6. The number of nitrogens with zero attached hydrogens (tertiary/aromatic N) is 1. The molecule has 3 aromatic carbocycles. The predicted molar refractivity (Wildman–Crippen MR) is 179 cm³/mol. The fraction of sp³-hybridized carbons (Fsp3) is 0.343. The van der Waals surface area contributed by atoms with Gasteiger partial charge in [0.15, 0.2) is 0 Å². The average molecular weight is 662 g/mol. The number of benzene rings is 3. The maximum atomic E-state index is 13.3. The Morgan fingerprint density at radius 2 is 1.27 bits per heavy atom. The number of guanidine groups is 1. The number of phenolic OH excluding ortho intramolecular Hbond substituents is 1. The van der Waals surface area contributed by atoms with Gasteiger partial charge in [-0.2, -0.15) is 0 Å². The zero-order valence-corrected chi connectivity index (χ0v) is 27.5. The number of hydrogen-bond donors (Lipinski definition) is 5. The lowest BCUT2D eigenvalue weighted by Crippen LogP contribution is -2.48. The average Bonchev–Trinajstić information content (AvgIpc) is 3.04. The van der Waals surface area contributed by atoms with Crippen molar-refractivity contribution in [3.05, 3.63) is 102 Å². The van der Waals surface area contributed by atoms with E-state index in [1.165, 1.54) is 12.1 Å². The number of carbonyl (C=O) groups is 4. The molecule has 0 spiro atoms. The first-order valence-electron chi connectivity index (χ1n) is 15.5. The molecule has 0 aliphatic heterocycles. The molecule has 5 N–H and O–H groups in total. The molecule has 2 atom stereocenters. The van der Waals surface area contributed by atoms with Crippen LogP contribution in [0.5, 0.6) is 5.75 Å². The van der Waals surface area contributed by atoms with Crippen LogP contribution in [0.4, 0.5) is 14.4 Å². The number of nitrogens with one attached hydrogen (secondary N) is 4. The third kappa shape index (κ3) is 14.2. The highest BCUT2D eigenvalue weighted by Gasteiger charge is 2.25. The van der Waals surface area contributed by atoms with E-state index in [4.69, 9.17) is 14.2 Å². The van der Waals surface area contributed by atoms with Gasteiger partial charge in [0.1, 0.15) is 30.6 Å². The summed E-state index contributed by atoms with van der Waals surface area (Å²) in [5.74, 6) is -0.580. The van der Waals surface area contributed by atoms with Crippen molar-refractivity contribution in [3.8, 4) is 5.75 Å². The Kier molecular flexibility index (Phi) is 14.2. The number of amides is 4. The van der Waals surface area contributed by atoms with Crippen molar-refractivity contribution < 1.29 is 38.5 Å². The van der Waals surface area contributed by atoms with E-state index in [1.807, 2.05) is 36.4 Å². The second kappa shape index (κ2) is 18.5. The normalized spacial score (nSPS) is 12.0. The SMILES string of the molecule is C[C@@H](NC(=O)[C@@H](CCCN=C(NC(=O)OCc1ccccc1)NC(=O)OCc1ccccc1)NC(=O)OC(C)(C)C)c1ccc(O)cc1. The lowest BCUT2D eigenvalue weighted by atomic mass is 10.1. The zero-order chi connectivity index (χ0) is 34.9. The van der Waals surface area contributed by atoms with Crippen LogP contribution < -0.4 is 21.3 Å². The van der Waals surface area contributed by atoms with E-state index in [0.29, 0.717) is 0 Å². The number of rotatable bonds is 12. The van der Waals surface area contributed by atoms with Crippen molar-refractivity contribution in [2.45, 2.75) is 71.4 Å². The molecular weight excluding hydrogens is 618 g/mol. The summed E-state index contributed by atoms with van der Waals surface area (Å²) in [5.41, 5.74) is 1.50. The molecule has 3 rings (SSSR count). The van der Waals surface area contributed by atoms with Crippen LogP contribution in [0.25, 0.3) is 0 Å². The molecule has 0 aliphatic rings. The number of carbonyl (C=O) groups excluding carboxylic acids is 4. The lowest BCUT2D eigenvalue weighted by molar-refractivity contribution is -0.124. The van der Waals surface area contributed by atoms with Crippen molar-refractivity contribution in [3.63, 3.8) is 0 Å². The van der Waals surface area contributed by atoms with Gasteiger partial charge in [-0.05, 0) is 69.4 Å². The maximum absolute atomic E-state index is 13.3. The third-order valence-corrected chi connectivity index (χ3v) is 6.55. The van der Waals surface area contributed by atoms with Crippen molar-refractivity contribution in [2.75, 3.05) is 6.54 Å². The molecule has 0 unspecified atom stereocenters. The summed E-state index contributed by atoms with van der Waals surface area (Å²) >= 11 is 0. The molecule has 0 saturated carbocycles. The van der Waals surface area contributed by atoms with Gasteiger partial charge < -0.3 is 30.0 Å². The smallest absolute Gasteiger partial charge is 0.414 e. The van der Waals surface area contributed by atoms with E-state index in [9.17, 15) is 24.3 Å². The molecule has 0 radical (unpaired) electrons. The van der Waals surface area contributed by atoms with E-state index < -0.39 is 41.9 Å². The quantitative estimate of drug-likeness (QED) is 0.0736. The summed E-state index contributed by atoms with van der Waals surface area (Å²) in [4.78, 5) is 55.3. The van der Waals surface area contributed by atoms with Crippen LogP contribution in [0.3, 0.4) is 0 Å². The van der Waals surface area contributed by atoms with Crippen LogP contribution in [0.15, 0.2) is 89.9 Å². The molecule has 13 nitrogen and oxygen atoms in total. The highest BCUT2D eigenvalue weighted by Crippen LogP contribution is 2.17. The fourth-order valence-electron chi connectivity index (χ4n) is 4.19. The Morgan fingerprint density at radius 1 is 0.750 bits per heavy atom. The largest absolute Gasteiger partial charge is 0.508 e. The zero-order valence-electron chi connectivity index (χ0n) is 27.5. The summed E-state index contributed by atoms with van der Waals surface area (Å²) in [7, 11) is 0. The maximum Gasteiger partial charge on any atom is 0.414 e. The molecule has 4 amide bonds. The Hall–Kier alpha value is -5.59. The Morgan fingerprint density at radius 3 is 1.77 bits per heavy atom. The molecule has 256 valence electrons. The van der Waals surface area contributed by atoms with Gasteiger partial charge in [-0.1, -0.05) is 72.8 Å². The summed E-state index contributed by atoms with van der Waals surface area (Å²) in [5, 5.41) is 19.9. The minimum absolute atomic E-state index is 0.00585. The summed E-state index contributed by atoms with van der Waals surface area (Å²) < 4.78 is 15.9. The second-order valence-corrected chi connectivity index (χ2v) is 11.8. The van der Waals surface area contributed by atoms with Gasteiger partial charge in [-0.15, -0.1) is 0 Å². The second-order valence-electron chi connectivity index (χ2n) is 11.8. The molecule has 0 heterocycles. The monoisotopic (exact) mass is 661 g/mol. The van der Waals surface area contributed by atoms with Crippen LogP contribution >= 0.6 is 0 Å². The summed E-state index contributed by atoms with van der Waals surface area (Å²) in [6.07, 6.45) is -2.08. The predicted octanol–water partition coefficient (Wildman–Crippen LogP) is 5.45. The topological polar surface area (TPSA) is 177 Å². The first-order valence-corrected chi connectivity index (χ1v) is 15.5. The standard InChI is InChI=1S/C35H43N5O8/c1-24(27-17-19-28(41)20-18-27)37-30(42)29(38-34(45)48-35(2,3)4)16-11-21-36-31(39-32(43)46-22-25-12-7-5-8-13-25)40-33(44)47-23-26-14-9-6-10-15-26/h5-10,12-15,17-20,24,29,41H,11,16,21-23H2,1-4H3,(H,37,42)(H,38,45)(H2,36,39,40,43,44)/t24-,29-/m1/s1. The molecule has 13 heteroatoms. The van der Waals surface area contributed by atoms with Gasteiger partial charge in [0.25, 0.3) is 0 Å². The minimum atomic E-state index is -0.995. The Bertz CT molecular complexity index is 1450. The number of phenols is 1. The van der Waals surface area contributed by atoms with Crippen LogP contribution in [0, 0.1) is 0 Å². The van der Waals surface area contributed by atoms with Gasteiger partial charge in [0.05, 0.1) is 6.04 Å². The lowest BCUT2D eigenvalue weighted by Gasteiger charge is -2.24. The van der Waals surface area contributed by atoms with E-state index in [1.54, 1.807) is 64.1 Å². The van der Waals surface area contributed by atoms with Gasteiger partial charge in [-0.25, -0.2) is 14.4 Å². The van der Waals surface area contributed by atoms with E-state index in [0.717, 1.165) is 16.7 Å². The first-order chi connectivity index (χ1) is 22.9. The van der Waals surface area contributed by atoms with Gasteiger partial charge in [0, 0.05) is 6.54 Å². The van der Waals surface area contributed by atoms with E-state index >= 15 is 0 Å². The molecular formula is C35H43N5O8. The Labute approximate surface area is 280 Å². The third-order valence-electron chi connectivity index (χ3n) is 6.55. The summed E-state index contributed by atoms with van der Waals surface area (Å²) in [6.45, 7) is 6.93. The van der Waals surface area contributed by atoms with Crippen LogP contribution in [-0.2, 0) is 32.2 Å². The Balaban J connectivity index is 1.66. The number of hydrogen-bond acceptors (Lipinski definition) is 9. The van der Waals surface area contributed by atoms with Crippen molar-refractivity contribution in [1.29, 1.82) is 0 Å². The van der Waals surface area contributed by atoms with Crippen LogP contribution in [0.1, 0.15) is 63.3 Å². The highest BCUT2D eigenvalue weighted by molar-refractivity contribution is 6.01. The van der Waals surface area contributed by atoms with Crippen molar-refractivity contribution in [1.82, 2.24) is 21.3 Å². The molecule has 3 aromatic rings. The number of ether oxygens (including phenoxy) is 3. The molecule has 0 saturated heterocycles. The van der Waals surface area contributed by atoms with Crippen LogP contribution in [0.2, 0.25) is 0 Å². The molecule has 0 aromatic heterocycles. The van der Waals surface area contributed by atoms with Crippen LogP contribution in [-0.4, -0.2) is 53.4 Å². The van der Waals surface area contributed by atoms with Gasteiger partial charge in [-0.3, -0.25) is 20.4 Å². The molecule has 0 fully saturated rings. The molecule has 0 aliphatic carbocycles. The van der Waals surface area contributed by atoms with E-state index in [2.05, 4.69) is 26.3 Å². The summed E-state index contributed by atoms with van der Waals surface area (Å²) in [6, 6.07) is 23.1. The van der Waals surface area contributed by atoms with Gasteiger partial charge >= 0.3 is 18.3 Å². The first kappa shape index (κ1) is 36.9. The number of aliphatic imine (C=N–C) groups is 1.